The molecule has 1 amide bonds. The number of amides is 1. The van der Waals surface area contributed by atoms with Crippen LogP contribution in [0.3, 0.4) is 0 Å². The van der Waals surface area contributed by atoms with Gasteiger partial charge in [-0.15, -0.1) is 0 Å². The number of carbonyl (C=O) groups excluding carboxylic acids is 1. The van der Waals surface area contributed by atoms with E-state index in [4.69, 9.17) is 11.6 Å². The predicted molar refractivity (Wildman–Crippen MR) is 93.1 cm³/mol. The molecule has 5 rings (SSSR count). The summed E-state index contributed by atoms with van der Waals surface area (Å²) in [6.07, 6.45) is 9.00. The van der Waals surface area contributed by atoms with Gasteiger partial charge in [-0.3, -0.25) is 4.79 Å². The van der Waals surface area contributed by atoms with Crippen molar-refractivity contribution < 1.29 is 4.79 Å². The molecule has 1 aromatic rings. The Morgan fingerprint density at radius 1 is 1.09 bits per heavy atom. The van der Waals surface area contributed by atoms with Crippen LogP contribution in [-0.4, -0.2) is 17.9 Å². The Morgan fingerprint density at radius 2 is 1.61 bits per heavy atom. The molecule has 0 unspecified atom stereocenters. The van der Waals surface area contributed by atoms with Crippen molar-refractivity contribution in [1.29, 1.82) is 0 Å². The molecule has 0 N–H and O–H groups in total. The minimum Gasteiger partial charge on any atom is -0.341 e. The minimum absolute atomic E-state index is 0.321. The van der Waals surface area contributed by atoms with Gasteiger partial charge in [0.2, 0.25) is 5.91 Å². The maximum atomic E-state index is 12.8. The van der Waals surface area contributed by atoms with Crippen LogP contribution in [0.4, 0.5) is 0 Å². The smallest absolute Gasteiger partial charge is 0.223 e. The first-order valence-electron chi connectivity index (χ1n) is 9.00. The lowest BCUT2D eigenvalue weighted by Crippen LogP contribution is -2.48. The first-order valence-corrected chi connectivity index (χ1v) is 9.38. The third kappa shape index (κ3) is 3.15. The Labute approximate surface area is 144 Å². The zero-order chi connectivity index (χ0) is 16.0. The SMILES string of the molecule is CN(Cc1ccc(Cl)cc1)C(=O)CC12CC3CC(CC(C3)C1)C2. The highest BCUT2D eigenvalue weighted by Crippen LogP contribution is 2.61. The molecule has 4 aliphatic rings. The molecule has 124 valence electrons. The summed E-state index contributed by atoms with van der Waals surface area (Å²) in [5.74, 6) is 3.06. The van der Waals surface area contributed by atoms with Gasteiger partial charge in [-0.25, -0.2) is 0 Å². The second-order valence-electron chi connectivity index (χ2n) is 8.47. The highest BCUT2D eigenvalue weighted by atomic mass is 35.5. The molecule has 4 fully saturated rings. The number of carbonyl (C=O) groups is 1. The number of hydrogen-bond donors (Lipinski definition) is 0. The number of benzene rings is 1. The molecular formula is C20H26ClNO. The minimum atomic E-state index is 0.321. The molecule has 4 saturated carbocycles. The van der Waals surface area contributed by atoms with Crippen molar-refractivity contribution in [3.05, 3.63) is 34.9 Å². The van der Waals surface area contributed by atoms with Crippen LogP contribution < -0.4 is 0 Å². The van der Waals surface area contributed by atoms with Crippen LogP contribution in [0.15, 0.2) is 24.3 Å². The molecular weight excluding hydrogens is 306 g/mol. The molecule has 0 aromatic heterocycles. The lowest BCUT2D eigenvalue weighted by Gasteiger charge is -2.56. The summed E-state index contributed by atoms with van der Waals surface area (Å²) in [7, 11) is 1.94. The third-order valence-electron chi connectivity index (χ3n) is 6.45. The summed E-state index contributed by atoms with van der Waals surface area (Å²) >= 11 is 5.93. The molecule has 3 heteroatoms. The maximum absolute atomic E-state index is 12.8. The van der Waals surface area contributed by atoms with E-state index >= 15 is 0 Å². The van der Waals surface area contributed by atoms with Gasteiger partial charge in [0, 0.05) is 25.0 Å². The van der Waals surface area contributed by atoms with Gasteiger partial charge >= 0.3 is 0 Å². The van der Waals surface area contributed by atoms with Crippen molar-refractivity contribution in [2.75, 3.05) is 7.05 Å². The van der Waals surface area contributed by atoms with Crippen molar-refractivity contribution in [2.45, 2.75) is 51.5 Å². The Balaban J connectivity index is 1.40. The summed E-state index contributed by atoms with van der Waals surface area (Å²) in [4.78, 5) is 14.7. The van der Waals surface area contributed by atoms with E-state index in [0.29, 0.717) is 17.9 Å². The molecule has 2 nitrogen and oxygen atoms in total. The lowest BCUT2D eigenvalue weighted by molar-refractivity contribution is -0.138. The molecule has 0 heterocycles. The lowest BCUT2D eigenvalue weighted by atomic mass is 9.49. The normalized spacial score (nSPS) is 34.6. The van der Waals surface area contributed by atoms with E-state index in [1.165, 1.54) is 38.5 Å². The monoisotopic (exact) mass is 331 g/mol. The van der Waals surface area contributed by atoms with Crippen LogP contribution in [0.5, 0.6) is 0 Å². The third-order valence-corrected chi connectivity index (χ3v) is 6.70. The molecule has 0 aliphatic heterocycles. The van der Waals surface area contributed by atoms with E-state index in [2.05, 4.69) is 0 Å². The fourth-order valence-electron chi connectivity index (χ4n) is 5.91. The van der Waals surface area contributed by atoms with Gasteiger partial charge in [-0.2, -0.15) is 0 Å². The predicted octanol–water partition coefficient (Wildman–Crippen LogP) is 4.90. The van der Waals surface area contributed by atoms with E-state index in [1.54, 1.807) is 0 Å². The highest BCUT2D eigenvalue weighted by molar-refractivity contribution is 6.30. The van der Waals surface area contributed by atoms with Crippen molar-refractivity contribution in [3.63, 3.8) is 0 Å². The number of rotatable bonds is 4. The summed E-state index contributed by atoms with van der Waals surface area (Å²) < 4.78 is 0. The van der Waals surface area contributed by atoms with Crippen LogP contribution >= 0.6 is 11.6 Å². The van der Waals surface area contributed by atoms with Gasteiger partial charge in [0.1, 0.15) is 0 Å². The first kappa shape index (κ1) is 15.5. The maximum Gasteiger partial charge on any atom is 0.223 e. The van der Waals surface area contributed by atoms with Gasteiger partial charge < -0.3 is 4.90 Å². The number of halogens is 1. The van der Waals surface area contributed by atoms with Gasteiger partial charge in [-0.05, 0) is 79.4 Å². The standard InChI is InChI=1S/C20H26ClNO/c1-22(13-14-2-4-18(21)5-3-14)19(23)12-20-9-15-6-16(10-20)8-17(7-15)11-20/h2-5,15-17H,6-13H2,1H3. The Morgan fingerprint density at radius 3 is 2.13 bits per heavy atom. The fraction of sp³-hybridized carbons (Fsp3) is 0.650. The molecule has 0 atom stereocenters. The molecule has 4 bridgehead atoms. The zero-order valence-corrected chi connectivity index (χ0v) is 14.7. The van der Waals surface area contributed by atoms with Crippen LogP contribution in [-0.2, 0) is 11.3 Å². The Hall–Kier alpha value is -1.02. The fourth-order valence-corrected chi connectivity index (χ4v) is 6.04. The molecule has 0 saturated heterocycles. The molecule has 1 aromatic carbocycles. The first-order chi connectivity index (χ1) is 11.0. The average molecular weight is 332 g/mol. The van der Waals surface area contributed by atoms with Crippen LogP contribution in [0, 0.1) is 23.2 Å². The number of hydrogen-bond acceptors (Lipinski definition) is 1. The van der Waals surface area contributed by atoms with Crippen molar-refractivity contribution in [1.82, 2.24) is 4.90 Å². The van der Waals surface area contributed by atoms with Crippen molar-refractivity contribution in [2.24, 2.45) is 23.2 Å². The van der Waals surface area contributed by atoms with Crippen LogP contribution in [0.25, 0.3) is 0 Å². The largest absolute Gasteiger partial charge is 0.341 e. The highest BCUT2D eigenvalue weighted by Gasteiger charge is 2.51. The Kier molecular flexibility index (Phi) is 3.91. The summed E-state index contributed by atoms with van der Waals surface area (Å²) in [6.45, 7) is 0.683. The van der Waals surface area contributed by atoms with E-state index in [1.807, 2.05) is 36.2 Å². The Bertz CT molecular complexity index is 559. The van der Waals surface area contributed by atoms with Crippen molar-refractivity contribution >= 4 is 17.5 Å². The van der Waals surface area contributed by atoms with E-state index < -0.39 is 0 Å². The molecule has 23 heavy (non-hydrogen) atoms. The van der Waals surface area contributed by atoms with Crippen LogP contribution in [0.1, 0.15) is 50.5 Å². The topological polar surface area (TPSA) is 20.3 Å². The number of nitrogens with zero attached hydrogens (tertiary/aromatic N) is 1. The van der Waals surface area contributed by atoms with E-state index in [9.17, 15) is 4.79 Å². The summed E-state index contributed by atoms with van der Waals surface area (Å²) in [6, 6.07) is 7.82. The zero-order valence-electron chi connectivity index (χ0n) is 13.9. The molecule has 0 radical (unpaired) electrons. The van der Waals surface area contributed by atoms with Gasteiger partial charge in [0.05, 0.1) is 0 Å². The summed E-state index contributed by atoms with van der Waals surface area (Å²) in [5.41, 5.74) is 1.48. The molecule has 4 aliphatic carbocycles. The summed E-state index contributed by atoms with van der Waals surface area (Å²) in [5, 5.41) is 0.747. The van der Waals surface area contributed by atoms with Gasteiger partial charge in [0.15, 0.2) is 0 Å². The van der Waals surface area contributed by atoms with Crippen LogP contribution in [0.2, 0.25) is 5.02 Å². The second kappa shape index (κ2) is 5.81. The quantitative estimate of drug-likeness (QED) is 0.768. The molecule has 0 spiro atoms. The second-order valence-corrected chi connectivity index (χ2v) is 8.91. The van der Waals surface area contributed by atoms with E-state index in [0.717, 1.165) is 34.8 Å². The van der Waals surface area contributed by atoms with Crippen molar-refractivity contribution in [3.8, 4) is 0 Å². The van der Waals surface area contributed by atoms with Gasteiger partial charge in [0.25, 0.3) is 0 Å². The van der Waals surface area contributed by atoms with Gasteiger partial charge in [-0.1, -0.05) is 23.7 Å². The average Bonchev–Trinajstić information content (AvgIpc) is 2.47. The van der Waals surface area contributed by atoms with E-state index in [-0.39, 0.29) is 0 Å².